The molecule has 0 unspecified atom stereocenters. The number of esters is 1. The van der Waals surface area contributed by atoms with Gasteiger partial charge in [-0.3, -0.25) is 19.1 Å². The number of rotatable bonds is 4. The Bertz CT molecular complexity index is 867. The van der Waals surface area contributed by atoms with E-state index in [-0.39, 0.29) is 24.4 Å². The summed E-state index contributed by atoms with van der Waals surface area (Å²) >= 11 is 0. The Kier molecular flexibility index (Phi) is 4.60. The van der Waals surface area contributed by atoms with Crippen molar-refractivity contribution in [3.63, 3.8) is 0 Å². The van der Waals surface area contributed by atoms with Crippen molar-refractivity contribution in [2.75, 3.05) is 6.61 Å². The molecular weight excluding hydrogens is 332 g/mol. The lowest BCUT2D eigenvalue weighted by molar-refractivity contribution is -0.143. The summed E-state index contributed by atoms with van der Waals surface area (Å²) in [5.41, 5.74) is -1.18. The molecule has 2 aromatic rings. The number of aromatic amines is 1. The molecule has 0 bridgehead atoms. The van der Waals surface area contributed by atoms with E-state index in [2.05, 4.69) is 4.98 Å². The Balaban J connectivity index is 1.93. The van der Waals surface area contributed by atoms with E-state index >= 15 is 0 Å². The van der Waals surface area contributed by atoms with Gasteiger partial charge in [-0.15, -0.1) is 0 Å². The number of aromatic nitrogens is 2. The molecule has 0 amide bonds. The van der Waals surface area contributed by atoms with E-state index in [4.69, 9.17) is 9.15 Å². The van der Waals surface area contributed by atoms with Gasteiger partial charge in [0.1, 0.15) is 11.9 Å². The highest BCUT2D eigenvalue weighted by molar-refractivity contribution is 5.65. The fraction of sp³-hybridized carbons (Fsp3) is 0.438. The largest absolute Gasteiger partial charge is 0.465 e. The number of furan rings is 1. The SMILES string of the molecule is CC(=O)OC[C@H]1C[C@@H](n2cc(-c3ccco3)c(=O)[nH]c2=O)[C@@H](O)[C@H]1O. The molecule has 25 heavy (non-hydrogen) atoms. The number of hydrogen-bond acceptors (Lipinski definition) is 7. The lowest BCUT2D eigenvalue weighted by Gasteiger charge is -2.19. The fourth-order valence-corrected chi connectivity index (χ4v) is 3.10. The van der Waals surface area contributed by atoms with Gasteiger partial charge in [0.15, 0.2) is 0 Å². The van der Waals surface area contributed by atoms with Gasteiger partial charge in [-0.2, -0.15) is 0 Å². The van der Waals surface area contributed by atoms with Crippen LogP contribution in [0.3, 0.4) is 0 Å². The third kappa shape index (κ3) is 3.28. The molecule has 134 valence electrons. The molecule has 3 N–H and O–H groups in total. The molecule has 9 heteroatoms. The minimum atomic E-state index is -1.24. The number of carbonyl (C=O) groups is 1. The van der Waals surface area contributed by atoms with Crippen molar-refractivity contribution >= 4 is 5.97 Å². The molecule has 1 saturated carbocycles. The van der Waals surface area contributed by atoms with Crippen molar-refractivity contribution in [2.45, 2.75) is 31.6 Å². The predicted molar refractivity (Wildman–Crippen MR) is 84.8 cm³/mol. The lowest BCUT2D eigenvalue weighted by atomic mass is 10.1. The van der Waals surface area contributed by atoms with E-state index in [0.29, 0.717) is 0 Å². The normalized spacial score (nSPS) is 25.9. The number of aliphatic hydroxyl groups excluding tert-OH is 2. The van der Waals surface area contributed by atoms with Crippen molar-refractivity contribution < 1.29 is 24.2 Å². The van der Waals surface area contributed by atoms with Crippen LogP contribution in [-0.4, -0.2) is 44.5 Å². The summed E-state index contributed by atoms with van der Waals surface area (Å²) in [7, 11) is 0. The number of H-pyrrole nitrogens is 1. The van der Waals surface area contributed by atoms with Crippen LogP contribution in [0.1, 0.15) is 19.4 Å². The predicted octanol–water partition coefficient (Wildman–Crippen LogP) is -0.357. The molecule has 3 rings (SSSR count). The van der Waals surface area contributed by atoms with Crippen molar-refractivity contribution in [1.29, 1.82) is 0 Å². The summed E-state index contributed by atoms with van der Waals surface area (Å²) in [5.74, 6) is -0.735. The Hall–Kier alpha value is -2.65. The summed E-state index contributed by atoms with van der Waals surface area (Å²) in [6.45, 7) is 1.19. The van der Waals surface area contributed by atoms with Crippen LogP contribution in [0.4, 0.5) is 0 Å². The fourth-order valence-electron chi connectivity index (χ4n) is 3.10. The highest BCUT2D eigenvalue weighted by Gasteiger charge is 2.43. The quantitative estimate of drug-likeness (QED) is 0.641. The average Bonchev–Trinajstić information content (AvgIpc) is 3.17. The van der Waals surface area contributed by atoms with E-state index in [9.17, 15) is 24.6 Å². The molecule has 9 nitrogen and oxygen atoms in total. The number of carbonyl (C=O) groups excluding carboxylic acids is 1. The maximum absolute atomic E-state index is 12.2. The lowest BCUT2D eigenvalue weighted by Crippen LogP contribution is -2.37. The first kappa shape index (κ1) is 17.2. The summed E-state index contributed by atoms with van der Waals surface area (Å²) in [5, 5.41) is 20.4. The number of nitrogens with zero attached hydrogens (tertiary/aromatic N) is 1. The van der Waals surface area contributed by atoms with Gasteiger partial charge in [-0.25, -0.2) is 4.79 Å². The van der Waals surface area contributed by atoms with Crippen LogP contribution in [0.15, 0.2) is 38.6 Å². The maximum atomic E-state index is 12.2. The number of nitrogens with one attached hydrogen (secondary N) is 1. The zero-order valence-corrected chi connectivity index (χ0v) is 13.4. The summed E-state index contributed by atoms with van der Waals surface area (Å²) in [6, 6.07) is 2.41. The van der Waals surface area contributed by atoms with Crippen molar-refractivity contribution in [3.8, 4) is 11.3 Å². The third-order valence-corrected chi connectivity index (χ3v) is 4.38. The molecule has 1 aliphatic rings. The first-order valence-electron chi connectivity index (χ1n) is 7.77. The van der Waals surface area contributed by atoms with Crippen LogP contribution in [0.2, 0.25) is 0 Å². The van der Waals surface area contributed by atoms with Gasteiger partial charge in [-0.1, -0.05) is 0 Å². The van der Waals surface area contributed by atoms with E-state index < -0.39 is 41.4 Å². The first-order valence-corrected chi connectivity index (χ1v) is 7.77. The van der Waals surface area contributed by atoms with Gasteiger partial charge in [0.25, 0.3) is 5.56 Å². The molecule has 2 aromatic heterocycles. The van der Waals surface area contributed by atoms with E-state index in [1.54, 1.807) is 12.1 Å². The Labute approximate surface area is 141 Å². The zero-order valence-electron chi connectivity index (χ0n) is 13.4. The summed E-state index contributed by atoms with van der Waals surface area (Å²) in [4.78, 5) is 37.3. The van der Waals surface area contributed by atoms with Gasteiger partial charge < -0.3 is 19.4 Å². The minimum Gasteiger partial charge on any atom is -0.465 e. The number of hydrogen-bond donors (Lipinski definition) is 3. The van der Waals surface area contributed by atoms with Gasteiger partial charge in [0, 0.05) is 19.0 Å². The Morgan fingerprint density at radius 3 is 2.80 bits per heavy atom. The average molecular weight is 350 g/mol. The van der Waals surface area contributed by atoms with Crippen molar-refractivity contribution in [2.24, 2.45) is 5.92 Å². The first-order chi connectivity index (χ1) is 11.9. The molecule has 2 heterocycles. The molecule has 0 aromatic carbocycles. The molecule has 0 aliphatic heterocycles. The van der Waals surface area contributed by atoms with Gasteiger partial charge in [-0.05, 0) is 18.6 Å². The molecule has 0 saturated heterocycles. The standard InChI is InChI=1S/C16H18N2O7/c1-8(19)25-7-9-5-11(14(21)13(9)20)18-6-10(12-3-2-4-24-12)15(22)17-16(18)23/h2-4,6,9,11,13-14,20-21H,5,7H2,1H3,(H,17,22,23)/t9-,11-,13+,14-/m1/s1. The van der Waals surface area contributed by atoms with E-state index in [0.717, 1.165) is 0 Å². The molecule has 0 spiro atoms. The summed E-state index contributed by atoms with van der Waals surface area (Å²) < 4.78 is 11.2. The van der Waals surface area contributed by atoms with Crippen LogP contribution < -0.4 is 11.2 Å². The van der Waals surface area contributed by atoms with E-state index in [1.165, 1.54) is 24.0 Å². The minimum absolute atomic E-state index is 0.0623. The topological polar surface area (TPSA) is 135 Å². The Morgan fingerprint density at radius 2 is 2.16 bits per heavy atom. The smallest absolute Gasteiger partial charge is 0.328 e. The van der Waals surface area contributed by atoms with Gasteiger partial charge in [0.2, 0.25) is 0 Å². The second kappa shape index (κ2) is 6.69. The second-order valence-electron chi connectivity index (χ2n) is 6.03. The highest BCUT2D eigenvalue weighted by atomic mass is 16.5. The van der Waals surface area contributed by atoms with Crippen LogP contribution in [0.5, 0.6) is 0 Å². The Morgan fingerprint density at radius 1 is 1.40 bits per heavy atom. The van der Waals surface area contributed by atoms with Crippen LogP contribution in [-0.2, 0) is 9.53 Å². The van der Waals surface area contributed by atoms with E-state index in [1.807, 2.05) is 0 Å². The zero-order chi connectivity index (χ0) is 18.1. The monoisotopic (exact) mass is 350 g/mol. The number of aliphatic hydroxyl groups is 2. The maximum Gasteiger partial charge on any atom is 0.328 e. The van der Waals surface area contributed by atoms with Gasteiger partial charge in [0.05, 0.1) is 30.6 Å². The molecule has 1 fully saturated rings. The molecular formula is C16H18N2O7. The molecule has 0 radical (unpaired) electrons. The van der Waals surface area contributed by atoms with Crippen molar-refractivity contribution in [3.05, 3.63) is 45.4 Å². The van der Waals surface area contributed by atoms with Crippen molar-refractivity contribution in [1.82, 2.24) is 9.55 Å². The highest BCUT2D eigenvalue weighted by Crippen LogP contribution is 2.35. The second-order valence-corrected chi connectivity index (χ2v) is 6.03. The van der Waals surface area contributed by atoms with Crippen LogP contribution in [0.25, 0.3) is 11.3 Å². The molecule has 1 aliphatic carbocycles. The van der Waals surface area contributed by atoms with Crippen LogP contribution in [0, 0.1) is 5.92 Å². The molecule has 4 atom stereocenters. The van der Waals surface area contributed by atoms with Gasteiger partial charge >= 0.3 is 11.7 Å². The number of ether oxygens (including phenoxy) is 1. The summed E-state index contributed by atoms with van der Waals surface area (Å²) in [6.07, 6.45) is 0.505. The third-order valence-electron chi connectivity index (χ3n) is 4.38. The van der Waals surface area contributed by atoms with Crippen LogP contribution >= 0.6 is 0 Å².